The number of fused-ring (bicyclic) bond motifs is 4. The monoisotopic (exact) mass is 565 g/mol. The zero-order valence-corrected chi connectivity index (χ0v) is 23.8. The number of aliphatic hydroxyl groups excluding tert-OH is 1. The van der Waals surface area contributed by atoms with Crippen molar-refractivity contribution in [1.82, 2.24) is 35.3 Å². The van der Waals surface area contributed by atoms with Crippen molar-refractivity contribution in [2.24, 2.45) is 5.92 Å². The Hall–Kier alpha value is -4.19. The van der Waals surface area contributed by atoms with Crippen molar-refractivity contribution in [2.75, 3.05) is 26.2 Å². The highest BCUT2D eigenvalue weighted by molar-refractivity contribution is 5.96. The molecule has 1 aliphatic heterocycles. The van der Waals surface area contributed by atoms with E-state index in [-0.39, 0.29) is 18.8 Å². The summed E-state index contributed by atoms with van der Waals surface area (Å²) in [4.78, 5) is 45.2. The molecule has 2 atom stereocenters. The molecule has 0 aliphatic carbocycles. The number of carbonyl (C=O) groups excluding carboxylic acids is 3. The number of carbonyl (C=O) groups is 3. The number of benzene rings is 1. The lowest BCUT2D eigenvalue weighted by Gasteiger charge is -2.25. The normalized spacial score (nSPS) is 18.3. The molecule has 2 aromatic heterocycles. The standard InChI is InChI=1S/C29H39N7O5/c1-19(2)15-22-17-24(34-33-22)29(40)36-12-6-14-41-23-8-4-7-21(16-23)27-30-10-13-35(27)11-5-9-31-28(39)26(20(3)37)32-25(38)18-36/h4,7-8,10,13,16-17,19-20,26,37H,5-6,9,11-12,14-15,18H2,1-3H3,(H,31,39)(H,32,38)(H,33,34)/t20-,26+/m1/s1. The van der Waals surface area contributed by atoms with E-state index < -0.39 is 29.9 Å². The molecular formula is C29H39N7O5. The smallest absolute Gasteiger partial charge is 0.274 e. The highest BCUT2D eigenvalue weighted by Gasteiger charge is 2.28. The van der Waals surface area contributed by atoms with Crippen LogP contribution in [0.15, 0.2) is 42.7 Å². The number of nitrogens with one attached hydrogen (secondary N) is 3. The van der Waals surface area contributed by atoms with Crippen LogP contribution in [0, 0.1) is 5.92 Å². The number of H-pyrrole nitrogens is 1. The lowest BCUT2D eigenvalue weighted by Crippen LogP contribution is -2.55. The van der Waals surface area contributed by atoms with Gasteiger partial charge in [0.2, 0.25) is 11.8 Å². The molecule has 3 heterocycles. The van der Waals surface area contributed by atoms with E-state index in [0.29, 0.717) is 44.2 Å². The van der Waals surface area contributed by atoms with E-state index >= 15 is 0 Å². The average Bonchev–Trinajstić information content (AvgIpc) is 3.60. The van der Waals surface area contributed by atoms with Crippen LogP contribution < -0.4 is 15.4 Å². The predicted molar refractivity (Wildman–Crippen MR) is 152 cm³/mol. The Balaban J connectivity index is 1.55. The maximum absolute atomic E-state index is 13.4. The molecular weight excluding hydrogens is 526 g/mol. The third-order valence-electron chi connectivity index (χ3n) is 6.71. The molecule has 12 heteroatoms. The molecule has 0 radical (unpaired) electrons. The number of aromatic nitrogens is 4. The van der Waals surface area contributed by atoms with E-state index in [9.17, 15) is 19.5 Å². The molecule has 0 spiro atoms. The number of ether oxygens (including phenoxy) is 1. The van der Waals surface area contributed by atoms with Crippen molar-refractivity contribution < 1.29 is 24.2 Å². The molecule has 1 aliphatic rings. The number of nitrogens with zero attached hydrogens (tertiary/aromatic N) is 4. The fourth-order valence-electron chi connectivity index (χ4n) is 4.72. The number of aryl methyl sites for hydroxylation is 1. The summed E-state index contributed by atoms with van der Waals surface area (Å²) in [5.74, 6) is 0.353. The first kappa shape index (κ1) is 29.8. The number of hydrogen-bond acceptors (Lipinski definition) is 7. The van der Waals surface area contributed by atoms with Crippen LogP contribution in [0.5, 0.6) is 5.75 Å². The molecule has 0 fully saturated rings. The quantitative estimate of drug-likeness (QED) is 0.376. The van der Waals surface area contributed by atoms with Crippen molar-refractivity contribution in [1.29, 1.82) is 0 Å². The molecule has 12 nitrogen and oxygen atoms in total. The van der Waals surface area contributed by atoms with Gasteiger partial charge in [-0.3, -0.25) is 19.5 Å². The highest BCUT2D eigenvalue weighted by Crippen LogP contribution is 2.23. The predicted octanol–water partition coefficient (Wildman–Crippen LogP) is 1.77. The van der Waals surface area contributed by atoms with Crippen LogP contribution in [0.25, 0.3) is 11.4 Å². The molecule has 3 aromatic rings. The van der Waals surface area contributed by atoms with Gasteiger partial charge >= 0.3 is 0 Å². The van der Waals surface area contributed by atoms with Crippen molar-refractivity contribution in [2.45, 2.75) is 58.7 Å². The van der Waals surface area contributed by atoms with E-state index in [1.807, 2.05) is 35.0 Å². The molecule has 41 heavy (non-hydrogen) atoms. The summed E-state index contributed by atoms with van der Waals surface area (Å²) in [6, 6.07) is 8.16. The van der Waals surface area contributed by atoms with Gasteiger partial charge in [-0.2, -0.15) is 5.10 Å². The van der Waals surface area contributed by atoms with Gasteiger partial charge in [-0.1, -0.05) is 26.0 Å². The minimum Gasteiger partial charge on any atom is -0.494 e. The van der Waals surface area contributed by atoms with Crippen molar-refractivity contribution in [3.05, 3.63) is 54.1 Å². The second-order valence-corrected chi connectivity index (χ2v) is 10.7. The summed E-state index contributed by atoms with van der Waals surface area (Å²) in [5.41, 5.74) is 1.94. The molecule has 4 N–H and O–H groups in total. The first-order valence-electron chi connectivity index (χ1n) is 14.0. The fraction of sp³-hybridized carbons (Fsp3) is 0.483. The lowest BCUT2D eigenvalue weighted by molar-refractivity contribution is -0.131. The van der Waals surface area contributed by atoms with Crippen LogP contribution in [0.3, 0.4) is 0 Å². The van der Waals surface area contributed by atoms with Gasteiger partial charge in [-0.05, 0) is 50.3 Å². The summed E-state index contributed by atoms with van der Waals surface area (Å²) in [6.45, 7) is 6.74. The lowest BCUT2D eigenvalue weighted by atomic mass is 10.1. The first-order chi connectivity index (χ1) is 19.7. The van der Waals surface area contributed by atoms with E-state index in [1.165, 1.54) is 11.8 Å². The van der Waals surface area contributed by atoms with Gasteiger partial charge < -0.3 is 29.9 Å². The average molecular weight is 566 g/mol. The van der Waals surface area contributed by atoms with Gasteiger partial charge in [0, 0.05) is 43.3 Å². The van der Waals surface area contributed by atoms with E-state index in [4.69, 9.17) is 4.74 Å². The van der Waals surface area contributed by atoms with Gasteiger partial charge in [0.1, 0.15) is 23.3 Å². The van der Waals surface area contributed by atoms with Crippen LogP contribution in [-0.4, -0.2) is 85.9 Å². The molecule has 1 aromatic carbocycles. The Kier molecular flexibility index (Phi) is 10.1. The van der Waals surface area contributed by atoms with Gasteiger partial charge in [-0.15, -0.1) is 0 Å². The number of imidazole rings is 1. The fourth-order valence-corrected chi connectivity index (χ4v) is 4.72. The van der Waals surface area contributed by atoms with Crippen LogP contribution in [0.1, 0.15) is 49.8 Å². The summed E-state index contributed by atoms with van der Waals surface area (Å²) in [6.07, 6.45) is 4.25. The molecule has 4 rings (SSSR count). The zero-order chi connectivity index (χ0) is 29.4. The first-order valence-corrected chi connectivity index (χ1v) is 14.0. The second-order valence-electron chi connectivity index (χ2n) is 10.7. The Bertz CT molecular complexity index is 1330. The molecule has 2 bridgehead atoms. The third kappa shape index (κ3) is 8.16. The highest BCUT2D eigenvalue weighted by atomic mass is 16.5. The summed E-state index contributed by atoms with van der Waals surface area (Å²) in [7, 11) is 0. The van der Waals surface area contributed by atoms with Gasteiger partial charge in [0.25, 0.3) is 5.91 Å². The zero-order valence-electron chi connectivity index (χ0n) is 23.8. The van der Waals surface area contributed by atoms with Crippen LogP contribution >= 0.6 is 0 Å². The number of aromatic amines is 1. The van der Waals surface area contributed by atoms with E-state index in [1.54, 1.807) is 12.3 Å². The minimum absolute atomic E-state index is 0.209. The SMILES string of the molecule is CC(C)Cc1cc(C(=O)N2CCCOc3cccc(c3)-c3nccn3CCCNC(=O)[C@H]([C@@H](C)O)NC(=O)C2)n[nH]1. The van der Waals surface area contributed by atoms with E-state index in [0.717, 1.165) is 23.5 Å². The topological polar surface area (TPSA) is 154 Å². The summed E-state index contributed by atoms with van der Waals surface area (Å²) >= 11 is 0. The van der Waals surface area contributed by atoms with Crippen LogP contribution in [-0.2, 0) is 22.6 Å². The Labute approximate surface area is 239 Å². The maximum atomic E-state index is 13.4. The number of aliphatic hydroxyl groups is 1. The molecule has 3 amide bonds. The van der Waals surface area contributed by atoms with Crippen molar-refractivity contribution in [3.8, 4) is 17.1 Å². The van der Waals surface area contributed by atoms with Gasteiger partial charge in [-0.25, -0.2) is 4.98 Å². The second kappa shape index (κ2) is 13.9. The molecule has 0 saturated carbocycles. The summed E-state index contributed by atoms with van der Waals surface area (Å²) < 4.78 is 7.99. The van der Waals surface area contributed by atoms with E-state index in [2.05, 4.69) is 39.7 Å². The Morgan fingerprint density at radius 2 is 2.00 bits per heavy atom. The Morgan fingerprint density at radius 1 is 1.17 bits per heavy atom. The molecule has 220 valence electrons. The number of amides is 3. The third-order valence-corrected chi connectivity index (χ3v) is 6.71. The van der Waals surface area contributed by atoms with Crippen molar-refractivity contribution >= 4 is 17.7 Å². The van der Waals surface area contributed by atoms with Crippen molar-refractivity contribution in [3.63, 3.8) is 0 Å². The maximum Gasteiger partial charge on any atom is 0.274 e. The molecule has 0 saturated heterocycles. The van der Waals surface area contributed by atoms with Gasteiger partial charge in [0.15, 0.2) is 0 Å². The summed E-state index contributed by atoms with van der Waals surface area (Å²) in [5, 5.41) is 22.7. The van der Waals surface area contributed by atoms with Crippen LogP contribution in [0.4, 0.5) is 0 Å². The largest absolute Gasteiger partial charge is 0.494 e. The Morgan fingerprint density at radius 3 is 2.78 bits per heavy atom. The number of rotatable bonds is 4. The molecule has 0 unspecified atom stereocenters. The van der Waals surface area contributed by atoms with Gasteiger partial charge in [0.05, 0.1) is 19.3 Å². The number of hydrogen-bond donors (Lipinski definition) is 4. The minimum atomic E-state index is -1.17. The van der Waals surface area contributed by atoms with Crippen LogP contribution in [0.2, 0.25) is 0 Å².